The number of rotatable bonds is 5. The number of hydrogen-bond acceptors (Lipinski definition) is 4. The van der Waals surface area contributed by atoms with E-state index in [0.717, 1.165) is 5.56 Å². The second-order valence-electron chi connectivity index (χ2n) is 5.13. The van der Waals surface area contributed by atoms with Gasteiger partial charge in [-0.3, -0.25) is 9.69 Å². The molecule has 0 bridgehead atoms. The first-order valence-electron chi connectivity index (χ1n) is 7.19. The molecule has 0 aliphatic carbocycles. The van der Waals surface area contributed by atoms with Crippen LogP contribution in [0, 0.1) is 0 Å². The van der Waals surface area contributed by atoms with Crippen LogP contribution in [0.3, 0.4) is 0 Å². The van der Waals surface area contributed by atoms with Crippen LogP contribution in [0.5, 0.6) is 0 Å². The maximum atomic E-state index is 12.0. The van der Waals surface area contributed by atoms with Crippen LogP contribution in [-0.2, 0) is 16.1 Å². The van der Waals surface area contributed by atoms with E-state index in [0.29, 0.717) is 6.42 Å². The van der Waals surface area contributed by atoms with Crippen LogP contribution < -0.4 is 0 Å². The first-order chi connectivity index (χ1) is 10.6. The van der Waals surface area contributed by atoms with Gasteiger partial charge in [0, 0.05) is 25.0 Å². The molecular formula is C16H20N2O4. The number of carbonyl (C=O) groups excluding carboxylic acids is 2. The summed E-state index contributed by atoms with van der Waals surface area (Å²) < 4.78 is 5.18. The largest absolute Gasteiger partial charge is 0.444 e. The summed E-state index contributed by atoms with van der Waals surface area (Å²) in [7, 11) is 0. The van der Waals surface area contributed by atoms with Crippen LogP contribution in [0.2, 0.25) is 0 Å². The molecule has 1 aliphatic rings. The molecular weight excluding hydrogens is 284 g/mol. The van der Waals surface area contributed by atoms with Crippen LogP contribution in [0.4, 0.5) is 4.79 Å². The summed E-state index contributed by atoms with van der Waals surface area (Å²) in [6.07, 6.45) is 3.02. The highest BCUT2D eigenvalue weighted by Crippen LogP contribution is 2.13. The van der Waals surface area contributed by atoms with Gasteiger partial charge in [0.1, 0.15) is 13.2 Å². The minimum absolute atomic E-state index is 0.0155. The van der Waals surface area contributed by atoms with E-state index in [2.05, 4.69) is 0 Å². The monoisotopic (exact) mass is 304 g/mol. The smallest absolute Gasteiger partial charge is 0.414 e. The summed E-state index contributed by atoms with van der Waals surface area (Å²) in [5, 5.41) is 8.93. The molecule has 0 spiro atoms. The van der Waals surface area contributed by atoms with Gasteiger partial charge in [-0.05, 0) is 18.9 Å². The number of carbonyl (C=O) groups is 2. The average molecular weight is 304 g/mol. The Hall–Kier alpha value is -2.34. The van der Waals surface area contributed by atoms with Crippen molar-refractivity contribution in [1.29, 1.82) is 0 Å². The second-order valence-corrected chi connectivity index (χ2v) is 5.13. The zero-order valence-corrected chi connectivity index (χ0v) is 12.5. The first-order valence-corrected chi connectivity index (χ1v) is 7.19. The number of nitrogens with zero attached hydrogens (tertiary/aromatic N) is 2. The molecule has 1 aromatic carbocycles. The number of amides is 2. The normalized spacial score (nSPS) is 15.8. The van der Waals surface area contributed by atoms with E-state index in [1.165, 1.54) is 16.0 Å². The van der Waals surface area contributed by atoms with Gasteiger partial charge in [0.25, 0.3) is 0 Å². The van der Waals surface area contributed by atoms with E-state index < -0.39 is 6.09 Å². The lowest BCUT2D eigenvalue weighted by molar-refractivity contribution is -0.132. The molecule has 6 nitrogen and oxygen atoms in total. The Morgan fingerprint density at radius 1 is 1.32 bits per heavy atom. The summed E-state index contributed by atoms with van der Waals surface area (Å²) in [5.74, 6) is -0.194. The second kappa shape index (κ2) is 7.61. The van der Waals surface area contributed by atoms with Gasteiger partial charge in [-0.15, -0.1) is 0 Å². The van der Waals surface area contributed by atoms with Crippen molar-refractivity contribution in [1.82, 2.24) is 9.80 Å². The van der Waals surface area contributed by atoms with Crippen molar-refractivity contribution in [3.05, 3.63) is 48.3 Å². The molecule has 22 heavy (non-hydrogen) atoms. The van der Waals surface area contributed by atoms with Crippen molar-refractivity contribution in [2.45, 2.75) is 26.0 Å². The molecule has 1 atom stereocenters. The van der Waals surface area contributed by atoms with Gasteiger partial charge in [-0.1, -0.05) is 30.3 Å². The van der Waals surface area contributed by atoms with E-state index in [4.69, 9.17) is 9.84 Å². The highest BCUT2D eigenvalue weighted by Gasteiger charge is 2.26. The van der Waals surface area contributed by atoms with Crippen LogP contribution in [-0.4, -0.2) is 46.1 Å². The van der Waals surface area contributed by atoms with E-state index in [1.807, 2.05) is 37.3 Å². The van der Waals surface area contributed by atoms with Crippen molar-refractivity contribution >= 4 is 12.0 Å². The van der Waals surface area contributed by atoms with Crippen LogP contribution in [0.15, 0.2) is 42.7 Å². The maximum Gasteiger partial charge on any atom is 0.414 e. The minimum Gasteiger partial charge on any atom is -0.444 e. The highest BCUT2D eigenvalue weighted by atomic mass is 16.6. The Morgan fingerprint density at radius 3 is 2.68 bits per heavy atom. The lowest BCUT2D eigenvalue weighted by atomic mass is 10.2. The molecule has 2 rings (SSSR count). The molecule has 0 radical (unpaired) electrons. The fraction of sp³-hybridized carbons (Fsp3) is 0.375. The molecule has 2 amide bonds. The lowest BCUT2D eigenvalue weighted by Crippen LogP contribution is -2.46. The van der Waals surface area contributed by atoms with E-state index in [9.17, 15) is 9.59 Å². The molecule has 1 heterocycles. The molecule has 1 N–H and O–H groups in total. The van der Waals surface area contributed by atoms with Gasteiger partial charge in [0.15, 0.2) is 0 Å². The Kier molecular flexibility index (Phi) is 5.55. The fourth-order valence-corrected chi connectivity index (χ4v) is 2.16. The third kappa shape index (κ3) is 4.08. The van der Waals surface area contributed by atoms with Gasteiger partial charge >= 0.3 is 6.09 Å². The van der Waals surface area contributed by atoms with Crippen molar-refractivity contribution < 1.29 is 19.4 Å². The van der Waals surface area contributed by atoms with Gasteiger partial charge < -0.3 is 14.7 Å². The van der Waals surface area contributed by atoms with Crippen LogP contribution in [0.1, 0.15) is 18.9 Å². The van der Waals surface area contributed by atoms with Crippen LogP contribution >= 0.6 is 0 Å². The van der Waals surface area contributed by atoms with Crippen molar-refractivity contribution in [3.63, 3.8) is 0 Å². The summed E-state index contributed by atoms with van der Waals surface area (Å²) in [4.78, 5) is 26.8. The number of hydrogen-bond donors (Lipinski definition) is 1. The lowest BCUT2D eigenvalue weighted by Gasteiger charge is -2.31. The third-order valence-electron chi connectivity index (χ3n) is 3.46. The summed E-state index contributed by atoms with van der Waals surface area (Å²) in [6.45, 7) is 1.98. The third-order valence-corrected chi connectivity index (χ3v) is 3.46. The zero-order valence-electron chi connectivity index (χ0n) is 12.5. The molecule has 1 aromatic rings. The SMILES string of the molecule is C[C@H](CCO)N1C=CN(C(=O)OCc2ccccc2)CC1=O. The molecule has 0 fully saturated rings. The summed E-state index contributed by atoms with van der Waals surface area (Å²) in [5.41, 5.74) is 0.890. The van der Waals surface area contributed by atoms with Crippen molar-refractivity contribution in [2.75, 3.05) is 13.2 Å². The van der Waals surface area contributed by atoms with Gasteiger partial charge in [-0.25, -0.2) is 4.79 Å². The summed E-state index contributed by atoms with van der Waals surface area (Å²) in [6, 6.07) is 9.25. The van der Waals surface area contributed by atoms with Crippen molar-refractivity contribution in [2.24, 2.45) is 0 Å². The molecule has 0 saturated heterocycles. The van der Waals surface area contributed by atoms with Crippen LogP contribution in [0.25, 0.3) is 0 Å². The summed E-state index contributed by atoms with van der Waals surface area (Å²) >= 11 is 0. The van der Waals surface area contributed by atoms with Gasteiger partial charge in [0.2, 0.25) is 5.91 Å². The van der Waals surface area contributed by atoms with E-state index in [1.54, 1.807) is 6.20 Å². The zero-order chi connectivity index (χ0) is 15.9. The first kappa shape index (κ1) is 16.0. The molecule has 6 heteroatoms. The molecule has 0 aromatic heterocycles. The molecule has 118 valence electrons. The predicted molar refractivity (Wildman–Crippen MR) is 80.5 cm³/mol. The quantitative estimate of drug-likeness (QED) is 0.899. The predicted octanol–water partition coefficient (Wildman–Crippen LogP) is 1.71. The highest BCUT2D eigenvalue weighted by molar-refractivity contribution is 5.85. The number of benzene rings is 1. The number of aliphatic hydroxyl groups is 1. The van der Waals surface area contributed by atoms with Gasteiger partial charge in [-0.2, -0.15) is 0 Å². The Labute approximate surface area is 129 Å². The Balaban J connectivity index is 1.89. The Morgan fingerprint density at radius 2 is 2.05 bits per heavy atom. The Bertz CT molecular complexity index is 544. The topological polar surface area (TPSA) is 70.1 Å². The maximum absolute atomic E-state index is 12.0. The molecule has 0 unspecified atom stereocenters. The van der Waals surface area contributed by atoms with Crippen molar-refractivity contribution in [3.8, 4) is 0 Å². The van der Waals surface area contributed by atoms with E-state index >= 15 is 0 Å². The number of ether oxygens (including phenoxy) is 1. The minimum atomic E-state index is -0.553. The molecule has 1 aliphatic heterocycles. The van der Waals surface area contributed by atoms with E-state index in [-0.39, 0.29) is 31.7 Å². The average Bonchev–Trinajstić information content (AvgIpc) is 2.53. The fourth-order valence-electron chi connectivity index (χ4n) is 2.16. The van der Waals surface area contributed by atoms with Gasteiger partial charge in [0.05, 0.1) is 0 Å². The number of aliphatic hydroxyl groups excluding tert-OH is 1. The molecule has 0 saturated carbocycles. The standard InChI is InChI=1S/C16H20N2O4/c1-13(7-10-19)18-9-8-17(11-15(18)20)16(21)22-12-14-5-3-2-4-6-14/h2-6,8-9,13,19H,7,10-12H2,1H3/t13-/m1/s1.